The van der Waals surface area contributed by atoms with Crippen LogP contribution in [-0.2, 0) is 7.05 Å². The molecule has 0 N–H and O–H groups in total. The van der Waals surface area contributed by atoms with E-state index in [0.717, 1.165) is 27.5 Å². The molecule has 0 atom stereocenters. The first kappa shape index (κ1) is 26.1. The van der Waals surface area contributed by atoms with Gasteiger partial charge in [-0.3, -0.25) is 0 Å². The van der Waals surface area contributed by atoms with E-state index in [1.165, 1.54) is 71.2 Å². The van der Waals surface area contributed by atoms with Crippen LogP contribution in [0.4, 0.5) is 0 Å². The quantitative estimate of drug-likeness (QED) is 0.198. The molecule has 10 rings (SSSR count). The van der Waals surface area contributed by atoms with Crippen molar-refractivity contribution in [3.05, 3.63) is 158 Å². The highest BCUT2D eigenvalue weighted by Crippen LogP contribution is 2.49. The Morgan fingerprint density at radius 1 is 0.447 bits per heavy atom. The fourth-order valence-corrected chi connectivity index (χ4v) is 7.85. The Morgan fingerprint density at radius 3 is 1.89 bits per heavy atom. The number of hydrogen-bond acceptors (Lipinski definition) is 1. The maximum atomic E-state index is 6.90. The summed E-state index contributed by atoms with van der Waals surface area (Å²) < 4.78 is 9.23. The van der Waals surface area contributed by atoms with Crippen molar-refractivity contribution in [1.29, 1.82) is 0 Å². The molecule has 0 fully saturated rings. The normalized spacial score (nSPS) is 11.9. The van der Waals surface area contributed by atoms with E-state index in [4.69, 9.17) is 4.42 Å². The fourth-order valence-electron chi connectivity index (χ4n) is 7.85. The number of nitrogens with zero attached hydrogens (tertiary/aromatic N) is 1. The Bertz CT molecular complexity index is 2850. The van der Waals surface area contributed by atoms with Crippen LogP contribution >= 0.6 is 0 Å². The van der Waals surface area contributed by atoms with Crippen molar-refractivity contribution >= 4 is 65.3 Å². The minimum absolute atomic E-state index is 0.900. The highest BCUT2D eigenvalue weighted by atomic mass is 16.3. The van der Waals surface area contributed by atoms with Crippen LogP contribution < -0.4 is 0 Å². The van der Waals surface area contributed by atoms with Gasteiger partial charge in [0.15, 0.2) is 0 Å². The summed E-state index contributed by atoms with van der Waals surface area (Å²) in [6, 6.07) is 57.0. The molecule has 2 heteroatoms. The van der Waals surface area contributed by atoms with Gasteiger partial charge in [0, 0.05) is 50.8 Å². The molecule has 0 amide bonds. The van der Waals surface area contributed by atoms with Gasteiger partial charge in [-0.25, -0.2) is 0 Å². The number of hydrogen-bond donors (Lipinski definition) is 0. The smallest absolute Gasteiger partial charge is 0.144 e. The molecule has 0 aliphatic heterocycles. The Morgan fingerprint density at radius 2 is 1.06 bits per heavy atom. The summed E-state index contributed by atoms with van der Waals surface area (Å²) in [5.41, 5.74) is 11.4. The van der Waals surface area contributed by atoms with E-state index in [2.05, 4.69) is 169 Å². The Hall–Kier alpha value is -6.12. The molecule has 220 valence electrons. The third-order valence-corrected chi connectivity index (χ3v) is 9.99. The molecule has 47 heavy (non-hydrogen) atoms. The second-order valence-electron chi connectivity index (χ2n) is 12.5. The molecule has 10 aromatic rings. The van der Waals surface area contributed by atoms with Crippen molar-refractivity contribution < 1.29 is 4.42 Å². The number of aryl methyl sites for hydroxylation is 1. The maximum Gasteiger partial charge on any atom is 0.144 e. The first-order chi connectivity index (χ1) is 23.2. The van der Waals surface area contributed by atoms with E-state index in [1.807, 2.05) is 0 Å². The predicted molar refractivity (Wildman–Crippen MR) is 199 cm³/mol. The molecule has 2 heterocycles. The van der Waals surface area contributed by atoms with Crippen LogP contribution in [0.25, 0.3) is 98.7 Å². The van der Waals surface area contributed by atoms with Crippen LogP contribution in [-0.4, -0.2) is 4.57 Å². The lowest BCUT2D eigenvalue weighted by atomic mass is 9.87. The average Bonchev–Trinajstić information content (AvgIpc) is 3.66. The van der Waals surface area contributed by atoms with E-state index >= 15 is 0 Å². The minimum Gasteiger partial charge on any atom is -0.455 e. The number of aromatic nitrogens is 1. The zero-order valence-corrected chi connectivity index (χ0v) is 25.9. The topological polar surface area (TPSA) is 18.1 Å². The molecule has 0 unspecified atom stereocenters. The summed E-state index contributed by atoms with van der Waals surface area (Å²) in [5.74, 6) is 0. The molecule has 0 aliphatic rings. The highest BCUT2D eigenvalue weighted by Gasteiger charge is 2.24. The lowest BCUT2D eigenvalue weighted by molar-refractivity contribution is 0.670. The van der Waals surface area contributed by atoms with E-state index < -0.39 is 0 Å². The lowest BCUT2D eigenvalue weighted by Gasteiger charge is -2.16. The van der Waals surface area contributed by atoms with Crippen LogP contribution in [0.1, 0.15) is 0 Å². The van der Waals surface area contributed by atoms with Crippen LogP contribution in [0.5, 0.6) is 0 Å². The first-order valence-electron chi connectivity index (χ1n) is 16.2. The Labute approximate surface area is 271 Å². The zero-order valence-electron chi connectivity index (χ0n) is 25.9. The second-order valence-corrected chi connectivity index (χ2v) is 12.5. The summed E-state index contributed by atoms with van der Waals surface area (Å²) in [4.78, 5) is 0. The first-order valence-corrected chi connectivity index (χ1v) is 16.2. The molecule has 0 aliphatic carbocycles. The Balaban J connectivity index is 1.28. The van der Waals surface area contributed by atoms with Crippen molar-refractivity contribution in [2.24, 2.45) is 7.05 Å². The van der Waals surface area contributed by atoms with Gasteiger partial charge in [-0.1, -0.05) is 140 Å². The summed E-state index contributed by atoms with van der Waals surface area (Å²) in [5, 5.41) is 9.72. The number of para-hydroxylation sites is 3. The molecule has 0 spiro atoms. The summed E-state index contributed by atoms with van der Waals surface area (Å²) >= 11 is 0. The van der Waals surface area contributed by atoms with Gasteiger partial charge in [0.1, 0.15) is 11.2 Å². The molecular weight excluding hydrogens is 571 g/mol. The van der Waals surface area contributed by atoms with Gasteiger partial charge >= 0.3 is 0 Å². The molecule has 0 saturated heterocycles. The van der Waals surface area contributed by atoms with Gasteiger partial charge < -0.3 is 8.98 Å². The molecular formula is C45H29NO. The minimum atomic E-state index is 0.900. The molecule has 2 aromatic heterocycles. The molecule has 0 radical (unpaired) electrons. The van der Waals surface area contributed by atoms with Gasteiger partial charge in [0.05, 0.1) is 5.52 Å². The van der Waals surface area contributed by atoms with E-state index in [1.54, 1.807) is 0 Å². The van der Waals surface area contributed by atoms with Gasteiger partial charge in [-0.2, -0.15) is 0 Å². The predicted octanol–water partition coefficient (Wildman–Crippen LogP) is 12.5. The van der Waals surface area contributed by atoms with Crippen LogP contribution in [0.2, 0.25) is 0 Å². The largest absolute Gasteiger partial charge is 0.455 e. The van der Waals surface area contributed by atoms with E-state index in [-0.39, 0.29) is 0 Å². The van der Waals surface area contributed by atoms with Gasteiger partial charge in [-0.15, -0.1) is 0 Å². The molecule has 0 saturated carbocycles. The van der Waals surface area contributed by atoms with Crippen LogP contribution in [0, 0.1) is 0 Å². The third-order valence-electron chi connectivity index (χ3n) is 9.99. The van der Waals surface area contributed by atoms with Crippen molar-refractivity contribution in [2.75, 3.05) is 0 Å². The van der Waals surface area contributed by atoms with Crippen molar-refractivity contribution in [3.8, 4) is 33.4 Å². The van der Waals surface area contributed by atoms with Crippen molar-refractivity contribution in [1.82, 2.24) is 4.57 Å². The molecule has 8 aromatic carbocycles. The molecule has 0 bridgehead atoms. The second kappa shape index (κ2) is 9.94. The van der Waals surface area contributed by atoms with Crippen LogP contribution in [0.3, 0.4) is 0 Å². The summed E-state index contributed by atoms with van der Waals surface area (Å²) in [6.07, 6.45) is 0. The van der Waals surface area contributed by atoms with Crippen molar-refractivity contribution in [3.63, 3.8) is 0 Å². The number of furan rings is 1. The van der Waals surface area contributed by atoms with Gasteiger partial charge in [0.2, 0.25) is 0 Å². The Kier molecular flexibility index (Phi) is 5.53. The monoisotopic (exact) mass is 599 g/mol. The standard InChI is InChI=1S/C45H29NO/c1-46-39-19-8-6-13-33(39)36-17-10-18-38(44(36)46)42-35-15-5-4-14-34(35)41(43-37-16-7-9-20-40(37)47-45(42)43)30-24-21-29(22-25-30)32-26-23-28-11-2-3-12-31(28)27-32/h2-27H,1H3. The SMILES string of the molecule is Cn1c2ccccc2c2cccc(-c3c4ccccc4c(-c4ccc(-c5ccc6ccccc6c5)cc4)c4c3oc3ccccc34)c21. The lowest BCUT2D eigenvalue weighted by Crippen LogP contribution is -1.93. The van der Waals surface area contributed by atoms with E-state index in [0.29, 0.717) is 0 Å². The summed E-state index contributed by atoms with van der Waals surface area (Å²) in [6.45, 7) is 0. The number of fused-ring (bicyclic) bond motifs is 8. The third kappa shape index (κ3) is 3.79. The number of benzene rings is 8. The van der Waals surface area contributed by atoms with Gasteiger partial charge in [-0.05, 0) is 56.4 Å². The summed E-state index contributed by atoms with van der Waals surface area (Å²) in [7, 11) is 2.18. The highest BCUT2D eigenvalue weighted by molar-refractivity contribution is 6.28. The van der Waals surface area contributed by atoms with Crippen LogP contribution in [0.15, 0.2) is 162 Å². The van der Waals surface area contributed by atoms with Gasteiger partial charge in [0.25, 0.3) is 0 Å². The maximum absolute atomic E-state index is 6.90. The number of rotatable bonds is 3. The fraction of sp³-hybridized carbons (Fsp3) is 0.0222. The van der Waals surface area contributed by atoms with Crippen molar-refractivity contribution in [2.45, 2.75) is 0 Å². The molecule has 2 nitrogen and oxygen atoms in total. The van der Waals surface area contributed by atoms with E-state index in [9.17, 15) is 0 Å². The zero-order chi connectivity index (χ0) is 31.1. The average molecular weight is 600 g/mol.